The molecule has 0 aliphatic carbocycles. The summed E-state index contributed by atoms with van der Waals surface area (Å²) in [4.78, 5) is 6.28. The largest absolute Gasteiger partial charge is 0.389 e. The molecule has 4 nitrogen and oxygen atoms in total. The molecular formula is C17H28N2O2S. The average molecular weight is 324 g/mol. The van der Waals surface area contributed by atoms with Gasteiger partial charge in [0.1, 0.15) is 0 Å². The molecule has 124 valence electrons. The van der Waals surface area contributed by atoms with E-state index in [-0.39, 0.29) is 12.2 Å². The SMILES string of the molecule is CCO[C@@H]1CN(Cc2cc(CN3CCCCC3)cs2)C[C@H]1O. The fraction of sp³-hybridized carbons (Fsp3) is 0.765. The number of thiophene rings is 1. The van der Waals surface area contributed by atoms with E-state index in [2.05, 4.69) is 21.2 Å². The highest BCUT2D eigenvalue weighted by atomic mass is 32.1. The number of β-amino-alcohol motifs (C(OH)–C–C–N with tert-alkyl or cyclic N) is 1. The van der Waals surface area contributed by atoms with Gasteiger partial charge >= 0.3 is 0 Å². The summed E-state index contributed by atoms with van der Waals surface area (Å²) in [5.74, 6) is 0. The summed E-state index contributed by atoms with van der Waals surface area (Å²) in [6.45, 7) is 8.76. The van der Waals surface area contributed by atoms with Crippen molar-refractivity contribution < 1.29 is 9.84 Å². The Morgan fingerprint density at radius 3 is 2.77 bits per heavy atom. The van der Waals surface area contributed by atoms with Gasteiger partial charge < -0.3 is 9.84 Å². The maximum Gasteiger partial charge on any atom is 0.0972 e. The van der Waals surface area contributed by atoms with E-state index in [4.69, 9.17) is 4.74 Å². The van der Waals surface area contributed by atoms with Crippen molar-refractivity contribution in [3.8, 4) is 0 Å². The van der Waals surface area contributed by atoms with Crippen molar-refractivity contribution in [1.29, 1.82) is 0 Å². The Bertz CT molecular complexity index is 459. The van der Waals surface area contributed by atoms with Gasteiger partial charge in [-0.15, -0.1) is 11.3 Å². The maximum absolute atomic E-state index is 10.0. The number of piperidine rings is 1. The zero-order chi connectivity index (χ0) is 15.4. The maximum atomic E-state index is 10.0. The first-order valence-electron chi connectivity index (χ1n) is 8.55. The molecule has 3 heterocycles. The molecule has 2 aliphatic rings. The number of likely N-dealkylation sites (tertiary alicyclic amines) is 2. The van der Waals surface area contributed by atoms with Crippen molar-refractivity contribution in [2.75, 3.05) is 32.8 Å². The van der Waals surface area contributed by atoms with Crippen LogP contribution in [0.15, 0.2) is 11.4 Å². The molecule has 0 aromatic carbocycles. The molecule has 2 atom stereocenters. The highest BCUT2D eigenvalue weighted by molar-refractivity contribution is 7.10. The lowest BCUT2D eigenvalue weighted by Crippen LogP contribution is -2.28. The van der Waals surface area contributed by atoms with Crippen LogP contribution in [-0.4, -0.2) is 59.9 Å². The molecule has 0 amide bonds. The second kappa shape index (κ2) is 7.88. The van der Waals surface area contributed by atoms with E-state index < -0.39 is 0 Å². The second-order valence-electron chi connectivity index (χ2n) is 6.51. The normalized spacial score (nSPS) is 27.5. The van der Waals surface area contributed by atoms with Crippen LogP contribution in [0.4, 0.5) is 0 Å². The van der Waals surface area contributed by atoms with Gasteiger partial charge in [-0.05, 0) is 49.9 Å². The molecular weight excluding hydrogens is 296 g/mol. The van der Waals surface area contributed by atoms with E-state index >= 15 is 0 Å². The standard InChI is InChI=1S/C17H28N2O2S/c1-2-21-17-12-19(11-16(17)20)10-15-8-14(13-22-15)9-18-6-4-3-5-7-18/h8,13,16-17,20H,2-7,9-12H2,1H3/t16-,17-/m1/s1. The molecule has 1 aromatic rings. The molecule has 0 radical (unpaired) electrons. The Morgan fingerprint density at radius 2 is 2.00 bits per heavy atom. The first-order valence-corrected chi connectivity index (χ1v) is 9.43. The van der Waals surface area contributed by atoms with Crippen LogP contribution in [0, 0.1) is 0 Å². The summed E-state index contributed by atoms with van der Waals surface area (Å²) in [6, 6.07) is 2.35. The summed E-state index contributed by atoms with van der Waals surface area (Å²) in [5.41, 5.74) is 1.45. The summed E-state index contributed by atoms with van der Waals surface area (Å²) in [5, 5.41) is 12.3. The third-order valence-electron chi connectivity index (χ3n) is 4.64. The fourth-order valence-electron chi connectivity index (χ4n) is 3.53. The summed E-state index contributed by atoms with van der Waals surface area (Å²) in [6.07, 6.45) is 3.73. The summed E-state index contributed by atoms with van der Waals surface area (Å²) in [7, 11) is 0. The molecule has 5 heteroatoms. The van der Waals surface area contributed by atoms with Crippen LogP contribution in [0.25, 0.3) is 0 Å². The molecule has 0 bridgehead atoms. The number of ether oxygens (including phenoxy) is 1. The molecule has 2 saturated heterocycles. The van der Waals surface area contributed by atoms with Crippen molar-refractivity contribution in [2.45, 2.75) is 51.5 Å². The van der Waals surface area contributed by atoms with Crippen LogP contribution in [0.3, 0.4) is 0 Å². The zero-order valence-corrected chi connectivity index (χ0v) is 14.4. The second-order valence-corrected chi connectivity index (χ2v) is 7.51. The lowest BCUT2D eigenvalue weighted by Gasteiger charge is -2.25. The number of aliphatic hydroxyl groups is 1. The molecule has 0 saturated carbocycles. The van der Waals surface area contributed by atoms with E-state index in [1.165, 1.54) is 42.8 Å². The molecule has 0 unspecified atom stereocenters. The van der Waals surface area contributed by atoms with Gasteiger partial charge in [0.25, 0.3) is 0 Å². The highest BCUT2D eigenvalue weighted by Gasteiger charge is 2.31. The lowest BCUT2D eigenvalue weighted by molar-refractivity contribution is -0.00244. The first-order chi connectivity index (χ1) is 10.7. The highest BCUT2D eigenvalue weighted by Crippen LogP contribution is 2.23. The van der Waals surface area contributed by atoms with Gasteiger partial charge in [-0.2, -0.15) is 0 Å². The van der Waals surface area contributed by atoms with Crippen LogP contribution < -0.4 is 0 Å². The zero-order valence-electron chi connectivity index (χ0n) is 13.5. The Balaban J connectivity index is 1.49. The van der Waals surface area contributed by atoms with Crippen molar-refractivity contribution in [3.63, 3.8) is 0 Å². The first kappa shape index (κ1) is 16.4. The monoisotopic (exact) mass is 324 g/mol. The Labute approximate surface area is 137 Å². The predicted molar refractivity (Wildman–Crippen MR) is 90.1 cm³/mol. The molecule has 2 aliphatic heterocycles. The van der Waals surface area contributed by atoms with Gasteiger partial charge in [0.05, 0.1) is 12.2 Å². The van der Waals surface area contributed by atoms with Crippen molar-refractivity contribution in [3.05, 3.63) is 21.9 Å². The van der Waals surface area contributed by atoms with Crippen LogP contribution in [0.5, 0.6) is 0 Å². The minimum atomic E-state index is -0.340. The molecule has 2 fully saturated rings. The van der Waals surface area contributed by atoms with E-state index in [0.29, 0.717) is 6.61 Å². The molecule has 3 rings (SSSR count). The molecule has 0 spiro atoms. The van der Waals surface area contributed by atoms with Crippen molar-refractivity contribution in [1.82, 2.24) is 9.80 Å². The minimum Gasteiger partial charge on any atom is -0.389 e. The third kappa shape index (κ3) is 4.30. The topological polar surface area (TPSA) is 35.9 Å². The van der Waals surface area contributed by atoms with E-state index in [0.717, 1.165) is 26.2 Å². The van der Waals surface area contributed by atoms with Gasteiger partial charge in [-0.25, -0.2) is 0 Å². The van der Waals surface area contributed by atoms with Gasteiger partial charge in [-0.3, -0.25) is 9.80 Å². The number of hydrogen-bond acceptors (Lipinski definition) is 5. The van der Waals surface area contributed by atoms with Gasteiger partial charge in [0.2, 0.25) is 0 Å². The predicted octanol–water partition coefficient (Wildman–Crippen LogP) is 2.32. The summed E-state index contributed by atoms with van der Waals surface area (Å²) >= 11 is 1.85. The molecule has 1 N–H and O–H groups in total. The number of aliphatic hydroxyl groups excluding tert-OH is 1. The lowest BCUT2D eigenvalue weighted by atomic mass is 10.1. The molecule has 22 heavy (non-hydrogen) atoms. The quantitative estimate of drug-likeness (QED) is 0.871. The van der Waals surface area contributed by atoms with Gasteiger partial charge in [0.15, 0.2) is 0 Å². The summed E-state index contributed by atoms with van der Waals surface area (Å²) < 4.78 is 5.59. The average Bonchev–Trinajstić information content (AvgIpc) is 3.08. The van der Waals surface area contributed by atoms with Gasteiger partial charge in [0, 0.05) is 37.7 Å². The van der Waals surface area contributed by atoms with Crippen LogP contribution in [0.1, 0.15) is 36.6 Å². The van der Waals surface area contributed by atoms with E-state index in [1.807, 2.05) is 18.3 Å². The minimum absolute atomic E-state index is 0.0159. The van der Waals surface area contributed by atoms with Crippen molar-refractivity contribution >= 4 is 11.3 Å². The smallest absolute Gasteiger partial charge is 0.0972 e. The van der Waals surface area contributed by atoms with E-state index in [1.54, 1.807) is 0 Å². The van der Waals surface area contributed by atoms with Crippen LogP contribution in [-0.2, 0) is 17.8 Å². The number of rotatable bonds is 6. The molecule has 1 aromatic heterocycles. The Morgan fingerprint density at radius 1 is 1.18 bits per heavy atom. The van der Waals surface area contributed by atoms with Crippen LogP contribution >= 0.6 is 11.3 Å². The Kier molecular flexibility index (Phi) is 5.88. The van der Waals surface area contributed by atoms with Crippen LogP contribution in [0.2, 0.25) is 0 Å². The number of hydrogen-bond donors (Lipinski definition) is 1. The fourth-order valence-corrected chi connectivity index (χ4v) is 4.45. The van der Waals surface area contributed by atoms with Crippen molar-refractivity contribution in [2.24, 2.45) is 0 Å². The third-order valence-corrected chi connectivity index (χ3v) is 5.61. The number of nitrogens with zero attached hydrogens (tertiary/aromatic N) is 2. The van der Waals surface area contributed by atoms with Gasteiger partial charge in [-0.1, -0.05) is 6.42 Å². The Hall–Kier alpha value is -0.460. The van der Waals surface area contributed by atoms with E-state index in [9.17, 15) is 5.11 Å².